The molecule has 3 aliphatic carbocycles. The van der Waals surface area contributed by atoms with Gasteiger partial charge < -0.3 is 0 Å². The van der Waals surface area contributed by atoms with Crippen molar-refractivity contribution in [1.82, 2.24) is 0 Å². The summed E-state index contributed by atoms with van der Waals surface area (Å²) in [5, 5.41) is 8.91. The maximum atomic E-state index is 15.8. The van der Waals surface area contributed by atoms with Gasteiger partial charge in [0.15, 0.2) is 11.6 Å². The number of rotatable bonds is 8. The minimum Gasteiger partial charge on any atom is -0.206 e. The third-order valence-electron chi connectivity index (χ3n) is 10.6. The third kappa shape index (κ3) is 6.50. The van der Waals surface area contributed by atoms with Gasteiger partial charge in [-0.2, -0.15) is 5.26 Å². The molecule has 5 rings (SSSR count). The van der Waals surface area contributed by atoms with Crippen LogP contribution in [0.3, 0.4) is 0 Å². The number of benzene rings is 2. The topological polar surface area (TPSA) is 23.8 Å². The van der Waals surface area contributed by atoms with Crippen molar-refractivity contribution in [3.63, 3.8) is 0 Å². The van der Waals surface area contributed by atoms with Gasteiger partial charge in [0, 0.05) is 5.56 Å². The second kappa shape index (κ2) is 13.3. The fourth-order valence-corrected chi connectivity index (χ4v) is 8.02. The van der Waals surface area contributed by atoms with E-state index in [2.05, 4.69) is 6.92 Å². The SMILES string of the molecule is CCCCC1CCC(CCC2CCc3c(F)c(C4CCC(c5cc(F)c(C#N)c(F)c5)CC4)c(F)c(F)c3C2)CC1. The molecule has 1 unspecified atom stereocenters. The molecule has 41 heavy (non-hydrogen) atoms. The van der Waals surface area contributed by atoms with Gasteiger partial charge in [0.2, 0.25) is 0 Å². The third-order valence-corrected chi connectivity index (χ3v) is 10.6. The highest BCUT2D eigenvalue weighted by atomic mass is 19.2. The predicted molar refractivity (Wildman–Crippen MR) is 151 cm³/mol. The summed E-state index contributed by atoms with van der Waals surface area (Å²) in [4.78, 5) is 0. The summed E-state index contributed by atoms with van der Waals surface area (Å²) >= 11 is 0. The summed E-state index contributed by atoms with van der Waals surface area (Å²) in [5.41, 5.74) is 0.287. The van der Waals surface area contributed by atoms with Gasteiger partial charge >= 0.3 is 0 Å². The molecule has 2 fully saturated rings. The zero-order valence-electron chi connectivity index (χ0n) is 24.2. The van der Waals surface area contributed by atoms with Crippen LogP contribution in [0, 0.1) is 58.2 Å². The van der Waals surface area contributed by atoms with Gasteiger partial charge in [-0.05, 0) is 110 Å². The van der Waals surface area contributed by atoms with Crippen LogP contribution in [-0.4, -0.2) is 0 Å². The van der Waals surface area contributed by atoms with E-state index >= 15 is 13.2 Å². The first-order valence-electron chi connectivity index (χ1n) is 15.9. The lowest BCUT2D eigenvalue weighted by atomic mass is 9.73. The highest BCUT2D eigenvalue weighted by Crippen LogP contribution is 2.45. The minimum atomic E-state index is -1.05. The van der Waals surface area contributed by atoms with E-state index < -0.39 is 40.6 Å². The Morgan fingerprint density at radius 1 is 0.683 bits per heavy atom. The zero-order chi connectivity index (χ0) is 29.1. The number of hydrogen-bond donors (Lipinski definition) is 0. The molecule has 0 aromatic heterocycles. The number of halogens is 5. The molecule has 0 bridgehead atoms. The molecule has 6 heteroatoms. The molecule has 0 aliphatic heterocycles. The Morgan fingerprint density at radius 3 is 1.88 bits per heavy atom. The standard InChI is InChI=1S/C35H42F5N/c1-2-3-4-21-5-7-22(8-6-21)9-10-23-11-16-27-28(17-23)34(39)35(40)32(33(27)38)25-14-12-24(13-15-25)26-18-30(36)29(20-41)31(37)19-26/h18-19,21-25H,2-17H2,1H3. The molecular weight excluding hydrogens is 529 g/mol. The van der Waals surface area contributed by atoms with E-state index in [1.54, 1.807) is 0 Å². The van der Waals surface area contributed by atoms with E-state index in [0.29, 0.717) is 49.7 Å². The second-order valence-electron chi connectivity index (χ2n) is 13.0. The van der Waals surface area contributed by atoms with Crippen molar-refractivity contribution in [1.29, 1.82) is 5.26 Å². The molecule has 2 aromatic rings. The second-order valence-corrected chi connectivity index (χ2v) is 13.0. The molecule has 0 amide bonds. The molecule has 1 nitrogen and oxygen atoms in total. The van der Waals surface area contributed by atoms with Crippen molar-refractivity contribution in [2.45, 2.75) is 121 Å². The van der Waals surface area contributed by atoms with Crippen LogP contribution in [0.4, 0.5) is 22.0 Å². The lowest BCUT2D eigenvalue weighted by Gasteiger charge is -2.33. The molecule has 2 aromatic carbocycles. The van der Waals surface area contributed by atoms with Crippen LogP contribution in [0.5, 0.6) is 0 Å². The Balaban J connectivity index is 1.20. The van der Waals surface area contributed by atoms with Crippen LogP contribution in [0.2, 0.25) is 0 Å². The molecule has 222 valence electrons. The number of nitrogens with zero attached hydrogens (tertiary/aromatic N) is 1. The number of hydrogen-bond acceptors (Lipinski definition) is 1. The van der Waals surface area contributed by atoms with E-state index in [0.717, 1.165) is 31.1 Å². The summed E-state index contributed by atoms with van der Waals surface area (Å²) < 4.78 is 74.9. The highest BCUT2D eigenvalue weighted by molar-refractivity contribution is 5.41. The Hall–Kier alpha value is -2.42. The van der Waals surface area contributed by atoms with Crippen LogP contribution in [0.25, 0.3) is 0 Å². The first kappa shape index (κ1) is 30.1. The Bertz CT molecular complexity index is 1240. The molecule has 0 spiro atoms. The maximum absolute atomic E-state index is 15.8. The largest absolute Gasteiger partial charge is 0.206 e. The Labute approximate surface area is 241 Å². The number of nitriles is 1. The molecule has 0 radical (unpaired) electrons. The van der Waals surface area contributed by atoms with Crippen LogP contribution in [0.15, 0.2) is 12.1 Å². The van der Waals surface area contributed by atoms with Gasteiger partial charge in [-0.15, -0.1) is 0 Å². The molecule has 2 saturated carbocycles. The lowest BCUT2D eigenvalue weighted by Crippen LogP contribution is -2.23. The van der Waals surface area contributed by atoms with E-state index in [4.69, 9.17) is 5.26 Å². The van der Waals surface area contributed by atoms with Crippen molar-refractivity contribution in [2.24, 2.45) is 17.8 Å². The van der Waals surface area contributed by atoms with E-state index in [1.807, 2.05) is 0 Å². The summed E-state index contributed by atoms with van der Waals surface area (Å²) in [6.45, 7) is 2.24. The van der Waals surface area contributed by atoms with Gasteiger partial charge in [-0.25, -0.2) is 22.0 Å². The van der Waals surface area contributed by atoms with Crippen LogP contribution < -0.4 is 0 Å². The fraction of sp³-hybridized carbons (Fsp3) is 0.629. The Morgan fingerprint density at radius 2 is 1.27 bits per heavy atom. The molecule has 0 saturated heterocycles. The quantitative estimate of drug-likeness (QED) is 0.228. The zero-order valence-corrected chi connectivity index (χ0v) is 24.2. The number of fused-ring (bicyclic) bond motifs is 1. The van der Waals surface area contributed by atoms with Crippen molar-refractivity contribution >= 4 is 0 Å². The lowest BCUT2D eigenvalue weighted by molar-refractivity contribution is 0.233. The van der Waals surface area contributed by atoms with Crippen molar-refractivity contribution in [3.05, 3.63) is 69.0 Å². The summed E-state index contributed by atoms with van der Waals surface area (Å²) in [7, 11) is 0. The maximum Gasteiger partial charge on any atom is 0.165 e. The van der Waals surface area contributed by atoms with Crippen LogP contribution >= 0.6 is 0 Å². The van der Waals surface area contributed by atoms with E-state index in [-0.39, 0.29) is 23.0 Å². The van der Waals surface area contributed by atoms with Crippen LogP contribution in [-0.2, 0) is 12.8 Å². The molecule has 0 heterocycles. The predicted octanol–water partition coefficient (Wildman–Crippen LogP) is 10.6. The monoisotopic (exact) mass is 571 g/mol. The minimum absolute atomic E-state index is 0.143. The van der Waals surface area contributed by atoms with E-state index in [9.17, 15) is 8.78 Å². The van der Waals surface area contributed by atoms with Crippen molar-refractivity contribution in [2.75, 3.05) is 0 Å². The average Bonchev–Trinajstić information content (AvgIpc) is 2.98. The van der Waals surface area contributed by atoms with Gasteiger partial charge in [-0.3, -0.25) is 0 Å². The van der Waals surface area contributed by atoms with Gasteiger partial charge in [-0.1, -0.05) is 58.3 Å². The molecule has 1 atom stereocenters. The number of unbranched alkanes of at least 4 members (excludes halogenated alkanes) is 1. The van der Waals surface area contributed by atoms with E-state index in [1.165, 1.54) is 63.1 Å². The van der Waals surface area contributed by atoms with Crippen LogP contribution in [0.1, 0.15) is 136 Å². The highest BCUT2D eigenvalue weighted by Gasteiger charge is 2.35. The first-order chi connectivity index (χ1) is 19.8. The van der Waals surface area contributed by atoms with Crippen molar-refractivity contribution < 1.29 is 22.0 Å². The average molecular weight is 572 g/mol. The smallest absolute Gasteiger partial charge is 0.165 e. The van der Waals surface area contributed by atoms with Gasteiger partial charge in [0.25, 0.3) is 0 Å². The fourth-order valence-electron chi connectivity index (χ4n) is 8.02. The Kier molecular flexibility index (Phi) is 9.72. The summed E-state index contributed by atoms with van der Waals surface area (Å²) in [6.07, 6.45) is 14.7. The molecule has 0 N–H and O–H groups in total. The summed E-state index contributed by atoms with van der Waals surface area (Å²) in [5.74, 6) is -3.08. The van der Waals surface area contributed by atoms with Gasteiger partial charge in [0.05, 0.1) is 0 Å². The summed E-state index contributed by atoms with van der Waals surface area (Å²) in [6, 6.07) is 3.89. The van der Waals surface area contributed by atoms with Gasteiger partial charge in [0.1, 0.15) is 29.1 Å². The first-order valence-corrected chi connectivity index (χ1v) is 15.9. The molecule has 3 aliphatic rings. The normalized spacial score (nSPS) is 26.4. The van der Waals surface area contributed by atoms with Crippen molar-refractivity contribution in [3.8, 4) is 6.07 Å². The molecular formula is C35H42F5N.